The molecule has 2 rings (SSSR count). The van der Waals surface area contributed by atoms with E-state index in [1.807, 2.05) is 11.8 Å². The largest absolute Gasteiger partial charge is 0.122 e. The van der Waals surface area contributed by atoms with E-state index in [0.717, 1.165) is 5.25 Å². The molecule has 0 radical (unpaired) electrons. The lowest BCUT2D eigenvalue weighted by Gasteiger charge is -2.13. The first-order valence-corrected chi connectivity index (χ1v) is 6.26. The minimum absolute atomic E-state index is 0.650. The molecule has 0 bridgehead atoms. The van der Waals surface area contributed by atoms with Crippen LogP contribution in [-0.4, -0.2) is 5.25 Å². The Labute approximate surface area is 91.1 Å². The monoisotopic (exact) mass is 206 g/mol. The molecule has 14 heavy (non-hydrogen) atoms. The van der Waals surface area contributed by atoms with Gasteiger partial charge in [-0.25, -0.2) is 0 Å². The van der Waals surface area contributed by atoms with Crippen LogP contribution in [0.25, 0.3) is 0 Å². The van der Waals surface area contributed by atoms with Crippen molar-refractivity contribution in [3.05, 3.63) is 28.8 Å². The highest BCUT2D eigenvalue weighted by atomic mass is 32.2. The summed E-state index contributed by atoms with van der Waals surface area (Å²) >= 11 is 2.05. The van der Waals surface area contributed by atoms with Gasteiger partial charge in [0.25, 0.3) is 0 Å². The highest BCUT2D eigenvalue weighted by Gasteiger charge is 2.21. The van der Waals surface area contributed by atoms with Crippen molar-refractivity contribution >= 4 is 11.8 Å². The normalized spacial score (nSPS) is 20.2. The predicted octanol–water partition coefficient (Wildman–Crippen LogP) is 4.16. The van der Waals surface area contributed by atoms with Gasteiger partial charge in [0.2, 0.25) is 0 Å². The van der Waals surface area contributed by atoms with Crippen LogP contribution in [0.2, 0.25) is 0 Å². The second-order valence-electron chi connectivity index (χ2n) is 4.56. The first kappa shape index (κ1) is 10.1. The predicted molar refractivity (Wildman–Crippen MR) is 64.3 cm³/mol. The second-order valence-corrected chi connectivity index (χ2v) is 6.00. The molecular weight excluding hydrogens is 188 g/mol. The number of thioether (sulfide) groups is 1. The first-order chi connectivity index (χ1) is 6.59. The lowest BCUT2D eigenvalue weighted by atomic mass is 9.95. The molecule has 1 unspecified atom stereocenters. The van der Waals surface area contributed by atoms with Crippen LogP contribution in [0.15, 0.2) is 17.0 Å². The number of rotatable bonds is 1. The maximum Gasteiger partial charge on any atom is 0.0139 e. The van der Waals surface area contributed by atoms with Crippen LogP contribution in [0.4, 0.5) is 0 Å². The molecule has 1 aromatic rings. The Morgan fingerprint density at radius 2 is 2.07 bits per heavy atom. The van der Waals surface area contributed by atoms with E-state index in [2.05, 4.69) is 39.8 Å². The van der Waals surface area contributed by atoms with Crippen LogP contribution in [0.3, 0.4) is 0 Å². The SMILES string of the molecule is Cc1c(C(C)C)ccc2c1SC(C)C2. The van der Waals surface area contributed by atoms with Gasteiger partial charge in [-0.3, -0.25) is 0 Å². The van der Waals surface area contributed by atoms with Gasteiger partial charge in [-0.2, -0.15) is 0 Å². The minimum Gasteiger partial charge on any atom is -0.122 e. The zero-order valence-electron chi connectivity index (χ0n) is 9.42. The summed E-state index contributed by atoms with van der Waals surface area (Å²) in [5, 5.41) is 0.770. The summed E-state index contributed by atoms with van der Waals surface area (Å²) in [6, 6.07) is 4.64. The Bertz CT molecular complexity index is 352. The van der Waals surface area contributed by atoms with Crippen molar-refractivity contribution < 1.29 is 0 Å². The van der Waals surface area contributed by atoms with Gasteiger partial charge >= 0.3 is 0 Å². The lowest BCUT2D eigenvalue weighted by molar-refractivity contribution is 0.844. The summed E-state index contributed by atoms with van der Waals surface area (Å²) in [4.78, 5) is 1.56. The van der Waals surface area contributed by atoms with Gasteiger partial charge in [-0.15, -0.1) is 11.8 Å². The number of fused-ring (bicyclic) bond motifs is 1. The fourth-order valence-corrected chi connectivity index (χ4v) is 3.53. The van der Waals surface area contributed by atoms with Crippen LogP contribution >= 0.6 is 11.8 Å². The molecule has 0 fully saturated rings. The smallest absolute Gasteiger partial charge is 0.0139 e. The van der Waals surface area contributed by atoms with E-state index in [4.69, 9.17) is 0 Å². The van der Waals surface area contributed by atoms with Gasteiger partial charge in [0.1, 0.15) is 0 Å². The van der Waals surface area contributed by atoms with E-state index in [-0.39, 0.29) is 0 Å². The Balaban J connectivity index is 2.48. The molecule has 1 aliphatic rings. The van der Waals surface area contributed by atoms with Crippen molar-refractivity contribution in [3.63, 3.8) is 0 Å². The van der Waals surface area contributed by atoms with Crippen LogP contribution in [0.1, 0.15) is 43.4 Å². The third-order valence-corrected chi connectivity index (χ3v) is 4.35. The number of benzene rings is 1. The van der Waals surface area contributed by atoms with Crippen molar-refractivity contribution in [3.8, 4) is 0 Å². The van der Waals surface area contributed by atoms with Crippen molar-refractivity contribution in [2.45, 2.75) is 50.2 Å². The van der Waals surface area contributed by atoms with E-state index in [9.17, 15) is 0 Å². The van der Waals surface area contributed by atoms with Gasteiger partial charge in [0.05, 0.1) is 0 Å². The molecule has 76 valence electrons. The maximum atomic E-state index is 2.33. The average molecular weight is 206 g/mol. The van der Waals surface area contributed by atoms with Gasteiger partial charge in [0.15, 0.2) is 0 Å². The molecule has 1 heteroatoms. The molecule has 0 aliphatic carbocycles. The van der Waals surface area contributed by atoms with E-state index < -0.39 is 0 Å². The molecule has 0 spiro atoms. The molecule has 0 aromatic heterocycles. The van der Waals surface area contributed by atoms with Crippen LogP contribution in [0.5, 0.6) is 0 Å². The molecule has 1 aromatic carbocycles. The molecule has 1 aliphatic heterocycles. The Hall–Kier alpha value is -0.430. The van der Waals surface area contributed by atoms with Crippen molar-refractivity contribution in [2.24, 2.45) is 0 Å². The molecule has 1 atom stereocenters. The lowest BCUT2D eigenvalue weighted by Crippen LogP contribution is -1.95. The third kappa shape index (κ3) is 1.58. The number of hydrogen-bond acceptors (Lipinski definition) is 1. The fourth-order valence-electron chi connectivity index (χ4n) is 2.27. The highest BCUT2D eigenvalue weighted by Crippen LogP contribution is 2.41. The summed E-state index contributed by atoms with van der Waals surface area (Å²) in [6.07, 6.45) is 1.25. The molecule has 0 saturated carbocycles. The van der Waals surface area contributed by atoms with E-state index in [1.54, 1.807) is 10.5 Å². The fraction of sp³-hybridized carbons (Fsp3) is 0.538. The summed E-state index contributed by atoms with van der Waals surface area (Å²) in [7, 11) is 0. The molecule has 0 N–H and O–H groups in total. The standard InChI is InChI=1S/C13H18S/c1-8(2)12-6-5-11-7-9(3)14-13(11)10(12)4/h5-6,8-9H,7H2,1-4H3. The zero-order chi connectivity index (χ0) is 10.3. The Kier molecular flexibility index (Phi) is 2.61. The summed E-state index contributed by atoms with van der Waals surface area (Å²) < 4.78 is 0. The highest BCUT2D eigenvalue weighted by molar-refractivity contribution is 8.00. The van der Waals surface area contributed by atoms with Gasteiger partial charge in [-0.05, 0) is 36.0 Å². The minimum atomic E-state index is 0.650. The van der Waals surface area contributed by atoms with Crippen LogP contribution < -0.4 is 0 Å². The van der Waals surface area contributed by atoms with Gasteiger partial charge in [0, 0.05) is 10.1 Å². The van der Waals surface area contributed by atoms with E-state index >= 15 is 0 Å². The zero-order valence-corrected chi connectivity index (χ0v) is 10.2. The Morgan fingerprint density at radius 1 is 1.36 bits per heavy atom. The van der Waals surface area contributed by atoms with Crippen molar-refractivity contribution in [1.29, 1.82) is 0 Å². The number of hydrogen-bond donors (Lipinski definition) is 0. The first-order valence-electron chi connectivity index (χ1n) is 5.38. The van der Waals surface area contributed by atoms with Crippen molar-refractivity contribution in [1.82, 2.24) is 0 Å². The molecule has 0 saturated heterocycles. The average Bonchev–Trinajstić information content (AvgIpc) is 2.46. The van der Waals surface area contributed by atoms with Crippen molar-refractivity contribution in [2.75, 3.05) is 0 Å². The summed E-state index contributed by atoms with van der Waals surface area (Å²) in [6.45, 7) is 9.15. The summed E-state index contributed by atoms with van der Waals surface area (Å²) in [5.41, 5.74) is 4.60. The summed E-state index contributed by atoms with van der Waals surface area (Å²) in [5.74, 6) is 0.650. The quantitative estimate of drug-likeness (QED) is 0.665. The van der Waals surface area contributed by atoms with Crippen LogP contribution in [0, 0.1) is 6.92 Å². The Morgan fingerprint density at radius 3 is 2.71 bits per heavy atom. The molecule has 1 heterocycles. The van der Waals surface area contributed by atoms with E-state index in [0.29, 0.717) is 5.92 Å². The van der Waals surface area contributed by atoms with E-state index in [1.165, 1.54) is 17.5 Å². The molecular formula is C13H18S. The molecule has 0 nitrogen and oxygen atoms in total. The van der Waals surface area contributed by atoms with Crippen LogP contribution in [-0.2, 0) is 6.42 Å². The van der Waals surface area contributed by atoms with Gasteiger partial charge in [-0.1, -0.05) is 32.9 Å². The maximum absolute atomic E-state index is 2.33. The molecule has 0 amide bonds. The topological polar surface area (TPSA) is 0 Å². The third-order valence-electron chi connectivity index (χ3n) is 2.98. The van der Waals surface area contributed by atoms with Gasteiger partial charge < -0.3 is 0 Å². The second kappa shape index (κ2) is 3.62.